The number of carbonyl (C=O) groups is 1. The molecule has 1 aliphatic rings. The molecule has 1 aliphatic heterocycles. The zero-order valence-corrected chi connectivity index (χ0v) is 10.6. The van der Waals surface area contributed by atoms with Crippen LogP contribution >= 0.6 is 12.6 Å². The molecule has 0 bridgehead atoms. The van der Waals surface area contributed by atoms with Crippen molar-refractivity contribution in [1.82, 2.24) is 4.90 Å². The van der Waals surface area contributed by atoms with E-state index in [1.165, 1.54) is 6.08 Å². The van der Waals surface area contributed by atoms with E-state index in [2.05, 4.69) is 19.2 Å². The van der Waals surface area contributed by atoms with Crippen LogP contribution in [0, 0.1) is 0 Å². The molecule has 1 rings (SSSR count). The number of amides is 1. The maximum Gasteiger partial charge on any atom is 0.410 e. The summed E-state index contributed by atoms with van der Waals surface area (Å²) in [6.07, 6.45) is 1.86. The molecule has 6 heteroatoms. The van der Waals surface area contributed by atoms with Gasteiger partial charge in [0, 0.05) is 11.8 Å². The monoisotopic (exact) mass is 263 g/mol. The van der Waals surface area contributed by atoms with Crippen LogP contribution < -0.4 is 0 Å². The average Bonchev–Trinajstić information content (AvgIpc) is 2.68. The van der Waals surface area contributed by atoms with Gasteiger partial charge in [-0.2, -0.15) is 12.6 Å². The van der Waals surface area contributed by atoms with Gasteiger partial charge in [-0.1, -0.05) is 12.7 Å². The van der Waals surface area contributed by atoms with E-state index >= 15 is 0 Å². The van der Waals surface area contributed by atoms with Crippen LogP contribution in [0.2, 0.25) is 0 Å². The summed E-state index contributed by atoms with van der Waals surface area (Å²) in [5.41, 5.74) is 0. The van der Waals surface area contributed by atoms with Gasteiger partial charge in [-0.25, -0.2) is 9.18 Å². The molecule has 1 heterocycles. The predicted molar refractivity (Wildman–Crippen MR) is 66.2 cm³/mol. The first-order chi connectivity index (χ1) is 8.19. The Morgan fingerprint density at radius 3 is 3.06 bits per heavy atom. The fourth-order valence-electron chi connectivity index (χ4n) is 1.76. The second kappa shape index (κ2) is 7.55. The zero-order chi connectivity index (χ0) is 12.7. The summed E-state index contributed by atoms with van der Waals surface area (Å²) in [7, 11) is 0. The van der Waals surface area contributed by atoms with E-state index in [1.54, 1.807) is 4.90 Å². The molecular weight excluding hydrogens is 245 g/mol. The fraction of sp³-hybridized carbons (Fsp3) is 0.727. The molecule has 1 saturated heterocycles. The Morgan fingerprint density at radius 1 is 1.65 bits per heavy atom. The van der Waals surface area contributed by atoms with Crippen molar-refractivity contribution in [2.45, 2.75) is 17.7 Å². The summed E-state index contributed by atoms with van der Waals surface area (Å²) in [4.78, 5) is 13.3. The van der Waals surface area contributed by atoms with Gasteiger partial charge in [0.25, 0.3) is 0 Å². The van der Waals surface area contributed by atoms with Crippen molar-refractivity contribution in [1.29, 1.82) is 0 Å². The van der Waals surface area contributed by atoms with Crippen LogP contribution in [0.1, 0.15) is 6.42 Å². The third kappa shape index (κ3) is 4.55. The molecule has 2 atom stereocenters. The van der Waals surface area contributed by atoms with Gasteiger partial charge in [0.15, 0.2) is 0 Å². The van der Waals surface area contributed by atoms with E-state index in [1.807, 2.05) is 0 Å². The summed E-state index contributed by atoms with van der Waals surface area (Å²) < 4.78 is 22.0. The van der Waals surface area contributed by atoms with Crippen LogP contribution in [-0.2, 0) is 9.47 Å². The third-order valence-corrected chi connectivity index (χ3v) is 2.86. The maximum absolute atomic E-state index is 11.9. The Balaban J connectivity index is 2.43. The molecule has 4 nitrogen and oxygen atoms in total. The molecule has 0 unspecified atom stereocenters. The molecule has 0 aromatic carbocycles. The Kier molecular flexibility index (Phi) is 6.36. The summed E-state index contributed by atoms with van der Waals surface area (Å²) in [6, 6.07) is -0.0821. The predicted octanol–water partition coefficient (Wildman–Crippen LogP) is 1.67. The van der Waals surface area contributed by atoms with Gasteiger partial charge in [0.1, 0.15) is 13.3 Å². The van der Waals surface area contributed by atoms with Crippen LogP contribution in [-0.4, -0.2) is 55.3 Å². The quantitative estimate of drug-likeness (QED) is 0.450. The molecule has 1 fully saturated rings. The van der Waals surface area contributed by atoms with Gasteiger partial charge in [-0.05, 0) is 6.42 Å². The molecule has 0 aromatic heterocycles. The van der Waals surface area contributed by atoms with E-state index in [0.717, 1.165) is 6.42 Å². The highest BCUT2D eigenvalue weighted by atomic mass is 32.1. The Hall–Kier alpha value is -0.750. The van der Waals surface area contributed by atoms with Crippen LogP contribution in [0.15, 0.2) is 12.7 Å². The Morgan fingerprint density at radius 2 is 2.41 bits per heavy atom. The van der Waals surface area contributed by atoms with Crippen molar-refractivity contribution >= 4 is 18.7 Å². The summed E-state index contributed by atoms with van der Waals surface area (Å²) >= 11 is 4.34. The number of hydrogen-bond donors (Lipinski definition) is 1. The minimum Gasteiger partial charge on any atom is -0.445 e. The highest BCUT2D eigenvalue weighted by Crippen LogP contribution is 2.22. The summed E-state index contributed by atoms with van der Waals surface area (Å²) in [5.74, 6) is 0. The molecule has 17 heavy (non-hydrogen) atoms. The SMILES string of the molecule is C=CCOC(=O)N1C[C@@H](S)C[C@H]1COCCF. The smallest absolute Gasteiger partial charge is 0.410 e. The first-order valence-corrected chi connectivity index (χ1v) is 6.06. The van der Waals surface area contributed by atoms with E-state index < -0.39 is 12.8 Å². The van der Waals surface area contributed by atoms with Crippen molar-refractivity contribution in [3.8, 4) is 0 Å². The Bertz CT molecular complexity index is 265. The molecular formula is C11H18FNO3S. The van der Waals surface area contributed by atoms with Crippen molar-refractivity contribution in [2.75, 3.05) is 33.0 Å². The lowest BCUT2D eigenvalue weighted by atomic mass is 10.2. The molecule has 0 spiro atoms. The number of ether oxygens (including phenoxy) is 2. The van der Waals surface area contributed by atoms with E-state index in [0.29, 0.717) is 13.2 Å². The molecule has 98 valence electrons. The van der Waals surface area contributed by atoms with Crippen molar-refractivity contribution in [3.05, 3.63) is 12.7 Å². The van der Waals surface area contributed by atoms with E-state index in [-0.39, 0.29) is 24.5 Å². The van der Waals surface area contributed by atoms with Crippen LogP contribution in [0.3, 0.4) is 0 Å². The molecule has 0 N–H and O–H groups in total. The van der Waals surface area contributed by atoms with Crippen LogP contribution in [0.25, 0.3) is 0 Å². The zero-order valence-electron chi connectivity index (χ0n) is 9.68. The number of nitrogens with zero attached hydrogens (tertiary/aromatic N) is 1. The second-order valence-electron chi connectivity index (χ2n) is 3.83. The van der Waals surface area contributed by atoms with Gasteiger partial charge in [-0.3, -0.25) is 0 Å². The molecule has 0 saturated carbocycles. The highest BCUT2D eigenvalue weighted by molar-refractivity contribution is 7.81. The van der Waals surface area contributed by atoms with Gasteiger partial charge in [0.2, 0.25) is 0 Å². The highest BCUT2D eigenvalue weighted by Gasteiger charge is 2.34. The van der Waals surface area contributed by atoms with Gasteiger partial charge >= 0.3 is 6.09 Å². The molecule has 0 aromatic rings. The first-order valence-electron chi connectivity index (χ1n) is 5.55. The van der Waals surface area contributed by atoms with Crippen molar-refractivity contribution < 1.29 is 18.7 Å². The molecule has 0 radical (unpaired) electrons. The number of halogens is 1. The summed E-state index contributed by atoms with van der Waals surface area (Å²) in [6.45, 7) is 4.06. The van der Waals surface area contributed by atoms with Gasteiger partial charge < -0.3 is 14.4 Å². The minimum absolute atomic E-state index is 0.0588. The lowest BCUT2D eigenvalue weighted by Crippen LogP contribution is -2.39. The van der Waals surface area contributed by atoms with Crippen molar-refractivity contribution in [3.63, 3.8) is 0 Å². The maximum atomic E-state index is 11.9. The fourth-order valence-corrected chi connectivity index (χ4v) is 2.18. The standard InChI is InChI=1S/C11H18FNO3S/c1-2-4-16-11(14)13-7-10(17)6-9(13)8-15-5-3-12/h2,9-10,17H,1,3-8H2/t9-,10-/m0/s1. The topological polar surface area (TPSA) is 38.8 Å². The number of thiol groups is 1. The first kappa shape index (κ1) is 14.3. The second-order valence-corrected chi connectivity index (χ2v) is 4.56. The van der Waals surface area contributed by atoms with Gasteiger partial charge in [0.05, 0.1) is 19.3 Å². The Labute approximate surface area is 106 Å². The van der Waals surface area contributed by atoms with Crippen LogP contribution in [0.5, 0.6) is 0 Å². The number of alkyl halides is 1. The normalized spacial score (nSPS) is 23.8. The molecule has 1 amide bonds. The largest absolute Gasteiger partial charge is 0.445 e. The average molecular weight is 263 g/mol. The summed E-state index contributed by atoms with van der Waals surface area (Å²) in [5, 5.41) is 0.116. The number of carbonyl (C=O) groups excluding carboxylic acids is 1. The molecule has 0 aliphatic carbocycles. The lowest BCUT2D eigenvalue weighted by molar-refractivity contribution is 0.0569. The third-order valence-electron chi connectivity index (χ3n) is 2.48. The number of rotatable bonds is 6. The number of likely N-dealkylation sites (tertiary alicyclic amines) is 1. The van der Waals surface area contributed by atoms with E-state index in [9.17, 15) is 9.18 Å². The van der Waals surface area contributed by atoms with Crippen LogP contribution in [0.4, 0.5) is 9.18 Å². The lowest BCUT2D eigenvalue weighted by Gasteiger charge is -2.23. The minimum atomic E-state index is -0.516. The van der Waals surface area contributed by atoms with E-state index in [4.69, 9.17) is 9.47 Å². The number of hydrogen-bond acceptors (Lipinski definition) is 4. The van der Waals surface area contributed by atoms with Crippen molar-refractivity contribution in [2.24, 2.45) is 0 Å². The van der Waals surface area contributed by atoms with Gasteiger partial charge in [-0.15, -0.1) is 0 Å².